The van der Waals surface area contributed by atoms with Gasteiger partial charge in [0.1, 0.15) is 12.2 Å². The van der Waals surface area contributed by atoms with Crippen LogP contribution in [0.2, 0.25) is 0 Å². The van der Waals surface area contributed by atoms with Gasteiger partial charge in [-0.2, -0.15) is 13.2 Å². The zero-order chi connectivity index (χ0) is 21.5. The second-order valence-electron chi connectivity index (χ2n) is 6.76. The maximum Gasteiger partial charge on any atom is 0.417 e. The molecule has 1 N–H and O–H groups in total. The number of aromatic nitrogens is 2. The van der Waals surface area contributed by atoms with Gasteiger partial charge >= 0.3 is 6.18 Å². The molecule has 7 nitrogen and oxygen atoms in total. The third-order valence-electron chi connectivity index (χ3n) is 4.71. The molecule has 0 radical (unpaired) electrons. The van der Waals surface area contributed by atoms with Crippen LogP contribution in [-0.2, 0) is 17.4 Å². The fraction of sp³-hybridized carbons (Fsp3) is 0.200. The minimum atomic E-state index is -4.45. The summed E-state index contributed by atoms with van der Waals surface area (Å²) in [5.74, 6) is -1.56. The van der Waals surface area contributed by atoms with Crippen LogP contribution in [0.25, 0.3) is 5.65 Å². The third-order valence-corrected chi connectivity index (χ3v) is 4.71. The Balaban J connectivity index is 1.34. The van der Waals surface area contributed by atoms with Crippen molar-refractivity contribution >= 4 is 23.4 Å². The molecule has 1 aromatic carbocycles. The number of fused-ring (bicyclic) bond motifs is 2. The summed E-state index contributed by atoms with van der Waals surface area (Å²) >= 11 is 0. The molecule has 30 heavy (non-hydrogen) atoms. The molecule has 0 atom stereocenters. The lowest BCUT2D eigenvalue weighted by molar-refractivity contribution is -0.137. The van der Waals surface area contributed by atoms with E-state index in [-0.39, 0.29) is 24.1 Å². The lowest BCUT2D eigenvalue weighted by Crippen LogP contribution is -2.40. The van der Waals surface area contributed by atoms with Gasteiger partial charge < -0.3 is 9.72 Å². The number of imidazole rings is 1. The van der Waals surface area contributed by atoms with Gasteiger partial charge in [-0.15, -0.1) is 0 Å². The van der Waals surface area contributed by atoms with Gasteiger partial charge in [-0.25, -0.2) is 4.98 Å². The molecule has 0 saturated carbocycles. The van der Waals surface area contributed by atoms with Gasteiger partial charge in [0, 0.05) is 25.4 Å². The zero-order valence-corrected chi connectivity index (χ0v) is 15.4. The SMILES string of the molecule is O=C(CN1C(=O)c2ccccc2C1=O)NCCc1cn2cc(C(F)(F)F)ccc2n1. The molecule has 4 rings (SSSR count). The molecule has 0 spiro atoms. The molecule has 1 aliphatic rings. The highest BCUT2D eigenvalue weighted by Gasteiger charge is 2.36. The molecule has 0 fully saturated rings. The number of benzene rings is 1. The number of rotatable bonds is 5. The number of nitrogens with one attached hydrogen (secondary N) is 1. The first kappa shape index (κ1) is 19.6. The van der Waals surface area contributed by atoms with Crippen molar-refractivity contribution in [3.05, 3.63) is 71.2 Å². The van der Waals surface area contributed by atoms with Crippen molar-refractivity contribution in [1.82, 2.24) is 19.6 Å². The van der Waals surface area contributed by atoms with Gasteiger partial charge in [0.15, 0.2) is 0 Å². The number of halogens is 3. The van der Waals surface area contributed by atoms with Gasteiger partial charge in [0.2, 0.25) is 5.91 Å². The summed E-state index contributed by atoms with van der Waals surface area (Å²) in [5.41, 5.74) is 0.593. The van der Waals surface area contributed by atoms with Crippen LogP contribution in [0.4, 0.5) is 13.2 Å². The number of nitrogens with zero attached hydrogens (tertiary/aromatic N) is 3. The number of carbonyl (C=O) groups excluding carboxylic acids is 3. The summed E-state index contributed by atoms with van der Waals surface area (Å²) < 4.78 is 39.6. The van der Waals surface area contributed by atoms with Crippen LogP contribution in [0.15, 0.2) is 48.8 Å². The van der Waals surface area contributed by atoms with E-state index in [1.54, 1.807) is 12.1 Å². The molecule has 0 bridgehead atoms. The second-order valence-corrected chi connectivity index (χ2v) is 6.76. The van der Waals surface area contributed by atoms with Crippen molar-refractivity contribution in [1.29, 1.82) is 0 Å². The van der Waals surface area contributed by atoms with E-state index in [0.717, 1.165) is 17.2 Å². The van der Waals surface area contributed by atoms with Gasteiger partial charge in [0.05, 0.1) is 22.4 Å². The number of amides is 3. The maximum absolute atomic E-state index is 12.8. The Bertz CT molecular complexity index is 1130. The normalized spacial score (nSPS) is 13.8. The first-order valence-electron chi connectivity index (χ1n) is 9.01. The lowest BCUT2D eigenvalue weighted by Gasteiger charge is -2.13. The summed E-state index contributed by atoms with van der Waals surface area (Å²) in [6.07, 6.45) is -1.76. The predicted molar refractivity (Wildman–Crippen MR) is 98.7 cm³/mol. The predicted octanol–water partition coefficient (Wildman–Crippen LogP) is 2.31. The summed E-state index contributed by atoms with van der Waals surface area (Å²) in [4.78, 5) is 41.8. The minimum absolute atomic E-state index is 0.151. The number of hydrogen-bond donors (Lipinski definition) is 1. The Morgan fingerprint density at radius 1 is 1.00 bits per heavy atom. The molecule has 0 aliphatic carbocycles. The molecular formula is C20H15F3N4O3. The maximum atomic E-state index is 12.8. The smallest absolute Gasteiger partial charge is 0.354 e. The molecule has 0 saturated heterocycles. The second kappa shape index (κ2) is 7.29. The summed E-state index contributed by atoms with van der Waals surface area (Å²) in [6, 6.07) is 8.56. The Kier molecular flexibility index (Phi) is 4.76. The van der Waals surface area contributed by atoms with E-state index in [0.29, 0.717) is 11.3 Å². The Hall–Kier alpha value is -3.69. The fourth-order valence-electron chi connectivity index (χ4n) is 3.24. The fourth-order valence-corrected chi connectivity index (χ4v) is 3.24. The van der Waals surface area contributed by atoms with Crippen LogP contribution in [-0.4, -0.2) is 45.1 Å². The quantitative estimate of drug-likeness (QED) is 0.647. The first-order chi connectivity index (χ1) is 14.2. The van der Waals surface area contributed by atoms with E-state index in [9.17, 15) is 27.6 Å². The van der Waals surface area contributed by atoms with Crippen LogP contribution >= 0.6 is 0 Å². The van der Waals surface area contributed by atoms with Crippen LogP contribution < -0.4 is 5.32 Å². The van der Waals surface area contributed by atoms with Crippen LogP contribution in [0.5, 0.6) is 0 Å². The topological polar surface area (TPSA) is 83.8 Å². The van der Waals surface area contributed by atoms with Crippen LogP contribution in [0.3, 0.4) is 0 Å². The number of pyridine rings is 1. The number of hydrogen-bond acceptors (Lipinski definition) is 4. The number of alkyl halides is 3. The minimum Gasteiger partial charge on any atom is -0.354 e. The Morgan fingerprint density at radius 3 is 2.30 bits per heavy atom. The monoisotopic (exact) mass is 416 g/mol. The van der Waals surface area contributed by atoms with Crippen LogP contribution in [0.1, 0.15) is 32.0 Å². The van der Waals surface area contributed by atoms with E-state index < -0.39 is 36.0 Å². The molecule has 3 heterocycles. The van der Waals surface area contributed by atoms with E-state index in [1.807, 2.05) is 0 Å². The van der Waals surface area contributed by atoms with Crippen molar-refractivity contribution < 1.29 is 27.6 Å². The van der Waals surface area contributed by atoms with Gasteiger partial charge in [0.25, 0.3) is 11.8 Å². The molecule has 3 aromatic rings. The first-order valence-corrected chi connectivity index (χ1v) is 9.01. The van der Waals surface area contributed by atoms with Crippen molar-refractivity contribution in [3.63, 3.8) is 0 Å². The van der Waals surface area contributed by atoms with Crippen LogP contribution in [0, 0.1) is 0 Å². The highest BCUT2D eigenvalue weighted by molar-refractivity contribution is 6.22. The van der Waals surface area contributed by atoms with Gasteiger partial charge in [-0.1, -0.05) is 12.1 Å². The lowest BCUT2D eigenvalue weighted by atomic mass is 10.1. The van der Waals surface area contributed by atoms with Crippen molar-refractivity contribution in [2.24, 2.45) is 0 Å². The molecule has 154 valence electrons. The molecule has 2 aromatic heterocycles. The largest absolute Gasteiger partial charge is 0.417 e. The Morgan fingerprint density at radius 2 is 1.67 bits per heavy atom. The molecule has 3 amide bonds. The van der Waals surface area contributed by atoms with E-state index in [1.165, 1.54) is 28.8 Å². The zero-order valence-electron chi connectivity index (χ0n) is 15.4. The van der Waals surface area contributed by atoms with E-state index in [4.69, 9.17) is 0 Å². The average Bonchev–Trinajstić information content (AvgIpc) is 3.21. The molecule has 0 unspecified atom stereocenters. The standard InChI is InChI=1S/C20H15F3N4O3/c21-20(22,23)12-5-6-16-25-13(10-26(16)9-12)7-8-24-17(28)11-27-18(29)14-3-1-2-4-15(14)19(27)30/h1-6,9-10H,7-8,11H2,(H,24,28). The number of carbonyl (C=O) groups is 3. The highest BCUT2D eigenvalue weighted by Crippen LogP contribution is 2.29. The van der Waals surface area contributed by atoms with Gasteiger partial charge in [-0.3, -0.25) is 19.3 Å². The summed E-state index contributed by atoms with van der Waals surface area (Å²) in [6.45, 7) is -0.259. The van der Waals surface area contributed by atoms with Crippen molar-refractivity contribution in [2.45, 2.75) is 12.6 Å². The van der Waals surface area contributed by atoms with E-state index >= 15 is 0 Å². The van der Waals surface area contributed by atoms with Crippen molar-refractivity contribution in [3.8, 4) is 0 Å². The van der Waals surface area contributed by atoms with E-state index in [2.05, 4.69) is 10.3 Å². The summed E-state index contributed by atoms with van der Waals surface area (Å²) in [5, 5.41) is 2.59. The number of imide groups is 1. The van der Waals surface area contributed by atoms with Crippen molar-refractivity contribution in [2.75, 3.05) is 13.1 Å². The Labute approximate surface area is 168 Å². The highest BCUT2D eigenvalue weighted by atomic mass is 19.4. The molecular weight excluding hydrogens is 401 g/mol. The average molecular weight is 416 g/mol. The molecule has 1 aliphatic heterocycles. The van der Waals surface area contributed by atoms with Gasteiger partial charge in [-0.05, 0) is 24.3 Å². The summed E-state index contributed by atoms with van der Waals surface area (Å²) in [7, 11) is 0. The molecule has 10 heteroatoms. The third kappa shape index (κ3) is 3.63.